The standard InChI is InChI=1S/C13H15N3O2/c1-3-16-12(8-9-14-16)15-13(17)10-4-6-11(18-2)7-5-10/h4-9H,3H2,1-2H3,(H,15,17). The summed E-state index contributed by atoms with van der Waals surface area (Å²) in [5, 5.41) is 6.91. The van der Waals surface area contributed by atoms with Gasteiger partial charge in [-0.05, 0) is 31.2 Å². The molecule has 0 fully saturated rings. The van der Waals surface area contributed by atoms with Crippen LogP contribution in [-0.4, -0.2) is 22.8 Å². The number of aromatic nitrogens is 2. The summed E-state index contributed by atoms with van der Waals surface area (Å²) in [7, 11) is 1.59. The smallest absolute Gasteiger partial charge is 0.256 e. The Hall–Kier alpha value is -2.30. The summed E-state index contributed by atoms with van der Waals surface area (Å²) in [6.45, 7) is 2.68. The minimum Gasteiger partial charge on any atom is -0.497 e. The quantitative estimate of drug-likeness (QED) is 0.898. The summed E-state index contributed by atoms with van der Waals surface area (Å²) in [6, 6.07) is 8.73. The average molecular weight is 245 g/mol. The first-order valence-electron chi connectivity index (χ1n) is 5.72. The van der Waals surface area contributed by atoms with Gasteiger partial charge >= 0.3 is 0 Å². The van der Waals surface area contributed by atoms with Gasteiger partial charge in [-0.3, -0.25) is 4.79 Å². The van der Waals surface area contributed by atoms with Gasteiger partial charge in [0, 0.05) is 18.2 Å². The first kappa shape index (κ1) is 12.2. The maximum Gasteiger partial charge on any atom is 0.256 e. The van der Waals surface area contributed by atoms with Crippen molar-refractivity contribution in [2.24, 2.45) is 0 Å². The van der Waals surface area contributed by atoms with Crippen LogP contribution in [0.2, 0.25) is 0 Å². The van der Waals surface area contributed by atoms with E-state index in [0.29, 0.717) is 17.9 Å². The van der Waals surface area contributed by atoms with Crippen LogP contribution in [-0.2, 0) is 6.54 Å². The van der Waals surface area contributed by atoms with Crippen molar-refractivity contribution in [3.8, 4) is 5.75 Å². The monoisotopic (exact) mass is 245 g/mol. The van der Waals surface area contributed by atoms with Gasteiger partial charge in [0.25, 0.3) is 5.91 Å². The summed E-state index contributed by atoms with van der Waals surface area (Å²) in [6.07, 6.45) is 1.66. The highest BCUT2D eigenvalue weighted by Crippen LogP contribution is 2.13. The minimum atomic E-state index is -0.159. The maximum atomic E-state index is 12.0. The Labute approximate surface area is 105 Å². The van der Waals surface area contributed by atoms with Gasteiger partial charge in [-0.15, -0.1) is 0 Å². The molecule has 5 heteroatoms. The molecule has 1 heterocycles. The SMILES string of the molecule is CCn1nccc1NC(=O)c1ccc(OC)cc1. The van der Waals surface area contributed by atoms with E-state index in [0.717, 1.165) is 5.75 Å². The summed E-state index contributed by atoms with van der Waals surface area (Å²) in [4.78, 5) is 12.0. The molecule has 0 atom stereocenters. The largest absolute Gasteiger partial charge is 0.497 e. The molecule has 0 bridgehead atoms. The molecule has 94 valence electrons. The van der Waals surface area contributed by atoms with E-state index in [-0.39, 0.29) is 5.91 Å². The number of hydrogen-bond donors (Lipinski definition) is 1. The van der Waals surface area contributed by atoms with Gasteiger partial charge in [-0.25, -0.2) is 4.68 Å². The number of benzene rings is 1. The highest BCUT2D eigenvalue weighted by atomic mass is 16.5. The second-order valence-corrected chi connectivity index (χ2v) is 3.71. The van der Waals surface area contributed by atoms with Crippen molar-refractivity contribution in [3.05, 3.63) is 42.1 Å². The normalized spacial score (nSPS) is 10.1. The number of nitrogens with one attached hydrogen (secondary N) is 1. The lowest BCUT2D eigenvalue weighted by molar-refractivity contribution is 0.102. The van der Waals surface area contributed by atoms with Crippen LogP contribution in [0.15, 0.2) is 36.5 Å². The zero-order valence-electron chi connectivity index (χ0n) is 10.4. The maximum absolute atomic E-state index is 12.0. The molecule has 0 unspecified atom stereocenters. The zero-order chi connectivity index (χ0) is 13.0. The molecule has 0 spiro atoms. The predicted octanol–water partition coefficient (Wildman–Crippen LogP) is 2.16. The van der Waals surface area contributed by atoms with E-state index < -0.39 is 0 Å². The van der Waals surface area contributed by atoms with Gasteiger partial charge in [0.15, 0.2) is 0 Å². The summed E-state index contributed by atoms with van der Waals surface area (Å²) < 4.78 is 6.77. The minimum absolute atomic E-state index is 0.159. The van der Waals surface area contributed by atoms with Crippen molar-refractivity contribution in [3.63, 3.8) is 0 Å². The number of nitrogens with zero attached hydrogens (tertiary/aromatic N) is 2. The Kier molecular flexibility index (Phi) is 3.62. The number of aryl methyl sites for hydroxylation is 1. The molecule has 0 aliphatic heterocycles. The van der Waals surface area contributed by atoms with Gasteiger partial charge in [0.05, 0.1) is 13.3 Å². The molecular weight excluding hydrogens is 230 g/mol. The Morgan fingerprint density at radius 1 is 1.33 bits per heavy atom. The lowest BCUT2D eigenvalue weighted by atomic mass is 10.2. The average Bonchev–Trinajstić information content (AvgIpc) is 2.86. The molecular formula is C13H15N3O2. The van der Waals surface area contributed by atoms with E-state index in [1.165, 1.54) is 0 Å². The van der Waals surface area contributed by atoms with Crippen LogP contribution in [0.25, 0.3) is 0 Å². The third-order valence-electron chi connectivity index (χ3n) is 2.61. The lowest BCUT2D eigenvalue weighted by Crippen LogP contribution is -2.15. The number of hydrogen-bond acceptors (Lipinski definition) is 3. The number of methoxy groups -OCH3 is 1. The number of ether oxygens (including phenoxy) is 1. The van der Waals surface area contributed by atoms with Crippen molar-refractivity contribution >= 4 is 11.7 Å². The fourth-order valence-electron chi connectivity index (χ4n) is 1.62. The van der Waals surface area contributed by atoms with E-state index in [1.807, 2.05) is 6.92 Å². The first-order chi connectivity index (χ1) is 8.74. The third kappa shape index (κ3) is 2.51. The van der Waals surface area contributed by atoms with Crippen molar-refractivity contribution in [1.82, 2.24) is 9.78 Å². The molecule has 0 aliphatic rings. The van der Waals surface area contributed by atoms with Crippen LogP contribution < -0.4 is 10.1 Å². The molecule has 18 heavy (non-hydrogen) atoms. The third-order valence-corrected chi connectivity index (χ3v) is 2.61. The Morgan fingerprint density at radius 3 is 2.67 bits per heavy atom. The topological polar surface area (TPSA) is 56.2 Å². The molecule has 0 saturated heterocycles. The molecule has 0 radical (unpaired) electrons. The molecule has 0 aliphatic carbocycles. The van der Waals surface area contributed by atoms with Crippen LogP contribution in [0, 0.1) is 0 Å². The molecule has 0 saturated carbocycles. The second-order valence-electron chi connectivity index (χ2n) is 3.71. The van der Waals surface area contributed by atoms with Crippen LogP contribution in [0.4, 0.5) is 5.82 Å². The lowest BCUT2D eigenvalue weighted by Gasteiger charge is -2.07. The summed E-state index contributed by atoms with van der Waals surface area (Å²) in [5.41, 5.74) is 0.583. The van der Waals surface area contributed by atoms with Gasteiger partial charge in [0.2, 0.25) is 0 Å². The molecule has 2 rings (SSSR count). The van der Waals surface area contributed by atoms with E-state index >= 15 is 0 Å². The Morgan fingerprint density at radius 2 is 2.06 bits per heavy atom. The van der Waals surface area contributed by atoms with Crippen molar-refractivity contribution in [1.29, 1.82) is 0 Å². The summed E-state index contributed by atoms with van der Waals surface area (Å²) >= 11 is 0. The van der Waals surface area contributed by atoms with Gasteiger partial charge in [0.1, 0.15) is 11.6 Å². The zero-order valence-corrected chi connectivity index (χ0v) is 10.4. The molecule has 2 aromatic rings. The van der Waals surface area contributed by atoms with Crippen LogP contribution in [0.5, 0.6) is 5.75 Å². The van der Waals surface area contributed by atoms with E-state index in [9.17, 15) is 4.79 Å². The Bertz CT molecular complexity index is 531. The van der Waals surface area contributed by atoms with Crippen LogP contribution >= 0.6 is 0 Å². The number of carbonyl (C=O) groups excluding carboxylic acids is 1. The van der Waals surface area contributed by atoms with Crippen molar-refractivity contribution in [2.45, 2.75) is 13.5 Å². The second kappa shape index (κ2) is 5.35. The fourth-order valence-corrected chi connectivity index (χ4v) is 1.62. The van der Waals surface area contributed by atoms with Crippen LogP contribution in [0.1, 0.15) is 17.3 Å². The molecule has 1 amide bonds. The predicted molar refractivity (Wildman–Crippen MR) is 68.8 cm³/mol. The summed E-state index contributed by atoms with van der Waals surface area (Å²) in [5.74, 6) is 1.26. The molecule has 5 nitrogen and oxygen atoms in total. The van der Waals surface area contributed by atoms with E-state index in [2.05, 4.69) is 10.4 Å². The number of rotatable bonds is 4. The molecule has 1 aromatic carbocycles. The number of carbonyl (C=O) groups is 1. The van der Waals surface area contributed by atoms with Gasteiger partial charge < -0.3 is 10.1 Å². The Balaban J connectivity index is 2.11. The molecule has 1 aromatic heterocycles. The van der Waals surface area contributed by atoms with Gasteiger partial charge in [-0.1, -0.05) is 0 Å². The van der Waals surface area contributed by atoms with Crippen molar-refractivity contribution in [2.75, 3.05) is 12.4 Å². The number of amides is 1. The highest BCUT2D eigenvalue weighted by molar-refractivity contribution is 6.03. The highest BCUT2D eigenvalue weighted by Gasteiger charge is 2.08. The van der Waals surface area contributed by atoms with E-state index in [4.69, 9.17) is 4.74 Å². The van der Waals surface area contributed by atoms with Crippen molar-refractivity contribution < 1.29 is 9.53 Å². The van der Waals surface area contributed by atoms with E-state index in [1.54, 1.807) is 48.3 Å². The number of anilines is 1. The molecule has 1 N–H and O–H groups in total. The van der Waals surface area contributed by atoms with Gasteiger partial charge in [-0.2, -0.15) is 5.10 Å². The first-order valence-corrected chi connectivity index (χ1v) is 5.72. The fraction of sp³-hybridized carbons (Fsp3) is 0.231. The van der Waals surface area contributed by atoms with Crippen LogP contribution in [0.3, 0.4) is 0 Å².